The van der Waals surface area contributed by atoms with Crippen LogP contribution in [0, 0.1) is 0 Å². The molecule has 0 amide bonds. The second-order valence-electron chi connectivity index (χ2n) is 1.93. The van der Waals surface area contributed by atoms with E-state index in [0.29, 0.717) is 11.8 Å². The SMILES string of the molecule is O=C(O)CC(CCl)SCCCl. The van der Waals surface area contributed by atoms with Crippen LogP contribution in [0.5, 0.6) is 0 Å². The molecular formula is C6H10Cl2O2S. The van der Waals surface area contributed by atoms with Crippen molar-refractivity contribution in [1.82, 2.24) is 0 Å². The Morgan fingerprint density at radius 1 is 1.55 bits per heavy atom. The molecule has 0 saturated heterocycles. The van der Waals surface area contributed by atoms with Crippen molar-refractivity contribution in [3.05, 3.63) is 0 Å². The molecule has 0 saturated carbocycles. The van der Waals surface area contributed by atoms with Crippen molar-refractivity contribution in [2.75, 3.05) is 17.5 Å². The highest BCUT2D eigenvalue weighted by molar-refractivity contribution is 8.00. The van der Waals surface area contributed by atoms with Gasteiger partial charge in [0, 0.05) is 22.8 Å². The van der Waals surface area contributed by atoms with E-state index in [1.165, 1.54) is 11.8 Å². The lowest BCUT2D eigenvalue weighted by Crippen LogP contribution is -2.12. The van der Waals surface area contributed by atoms with Crippen molar-refractivity contribution in [3.8, 4) is 0 Å². The first-order chi connectivity index (χ1) is 5.20. The van der Waals surface area contributed by atoms with Gasteiger partial charge in [-0.25, -0.2) is 0 Å². The Balaban J connectivity index is 3.49. The van der Waals surface area contributed by atoms with Crippen LogP contribution in [0.2, 0.25) is 0 Å². The Labute approximate surface area is 80.2 Å². The maximum absolute atomic E-state index is 10.2. The standard InChI is InChI=1S/C6H10Cl2O2S/c7-1-2-11-5(4-8)3-6(9)10/h5H,1-4H2,(H,9,10). The average molecular weight is 217 g/mol. The fraction of sp³-hybridized carbons (Fsp3) is 0.833. The summed E-state index contributed by atoms with van der Waals surface area (Å²) >= 11 is 12.5. The van der Waals surface area contributed by atoms with Crippen molar-refractivity contribution in [2.45, 2.75) is 11.7 Å². The molecule has 0 fully saturated rings. The van der Waals surface area contributed by atoms with Crippen LogP contribution < -0.4 is 0 Å². The van der Waals surface area contributed by atoms with Gasteiger partial charge in [0.2, 0.25) is 0 Å². The van der Waals surface area contributed by atoms with Gasteiger partial charge in [-0.15, -0.1) is 23.2 Å². The van der Waals surface area contributed by atoms with E-state index in [0.717, 1.165) is 5.75 Å². The third kappa shape index (κ3) is 6.78. The van der Waals surface area contributed by atoms with Crippen LogP contribution in [0.1, 0.15) is 6.42 Å². The quantitative estimate of drug-likeness (QED) is 0.691. The molecular weight excluding hydrogens is 207 g/mol. The van der Waals surface area contributed by atoms with Crippen LogP contribution in [0.15, 0.2) is 0 Å². The molecule has 11 heavy (non-hydrogen) atoms. The molecule has 5 heteroatoms. The van der Waals surface area contributed by atoms with E-state index in [-0.39, 0.29) is 11.7 Å². The number of hydrogen-bond donors (Lipinski definition) is 1. The van der Waals surface area contributed by atoms with Crippen LogP contribution in [0.25, 0.3) is 0 Å². The maximum atomic E-state index is 10.2. The van der Waals surface area contributed by atoms with E-state index >= 15 is 0 Å². The Morgan fingerprint density at radius 2 is 2.18 bits per heavy atom. The molecule has 66 valence electrons. The predicted octanol–water partition coefficient (Wildman–Crippen LogP) is 2.04. The van der Waals surface area contributed by atoms with Crippen molar-refractivity contribution in [1.29, 1.82) is 0 Å². The Hall–Kier alpha value is 0.400. The van der Waals surface area contributed by atoms with Gasteiger partial charge in [-0.1, -0.05) is 0 Å². The number of alkyl halides is 2. The number of hydrogen-bond acceptors (Lipinski definition) is 2. The lowest BCUT2D eigenvalue weighted by Gasteiger charge is -2.08. The fourth-order valence-corrected chi connectivity index (χ4v) is 1.98. The molecule has 0 aliphatic rings. The summed E-state index contributed by atoms with van der Waals surface area (Å²) in [5, 5.41) is 8.40. The largest absolute Gasteiger partial charge is 0.481 e. The molecule has 0 bridgehead atoms. The topological polar surface area (TPSA) is 37.3 Å². The summed E-state index contributed by atoms with van der Waals surface area (Å²) in [4.78, 5) is 10.2. The second-order valence-corrected chi connectivity index (χ2v) is 4.03. The third-order valence-corrected chi connectivity index (χ3v) is 3.22. The zero-order valence-corrected chi connectivity index (χ0v) is 8.25. The zero-order valence-electron chi connectivity index (χ0n) is 5.93. The van der Waals surface area contributed by atoms with Crippen molar-refractivity contribution >= 4 is 40.9 Å². The number of carboxylic acid groups (broad SMARTS) is 1. The number of rotatable bonds is 6. The van der Waals surface area contributed by atoms with Gasteiger partial charge in [-0.2, -0.15) is 11.8 Å². The van der Waals surface area contributed by atoms with Crippen LogP contribution >= 0.6 is 35.0 Å². The summed E-state index contributed by atoms with van der Waals surface area (Å²) in [6, 6.07) is 0. The van der Waals surface area contributed by atoms with E-state index in [1.54, 1.807) is 0 Å². The molecule has 0 aliphatic heterocycles. The molecule has 0 aromatic rings. The van der Waals surface area contributed by atoms with Crippen LogP contribution in [-0.2, 0) is 4.79 Å². The summed E-state index contributed by atoms with van der Waals surface area (Å²) in [7, 11) is 0. The number of thioether (sulfide) groups is 1. The molecule has 2 nitrogen and oxygen atoms in total. The van der Waals surface area contributed by atoms with E-state index in [1.807, 2.05) is 0 Å². The van der Waals surface area contributed by atoms with E-state index in [4.69, 9.17) is 28.3 Å². The first-order valence-corrected chi connectivity index (χ1v) is 5.27. The normalized spacial score (nSPS) is 12.9. The van der Waals surface area contributed by atoms with Crippen LogP contribution in [0.4, 0.5) is 0 Å². The van der Waals surface area contributed by atoms with Gasteiger partial charge < -0.3 is 5.11 Å². The van der Waals surface area contributed by atoms with Gasteiger partial charge in [-0.3, -0.25) is 4.79 Å². The number of carboxylic acids is 1. The first-order valence-electron chi connectivity index (χ1n) is 3.16. The van der Waals surface area contributed by atoms with Gasteiger partial charge in [0.1, 0.15) is 0 Å². The molecule has 1 N–H and O–H groups in total. The van der Waals surface area contributed by atoms with Gasteiger partial charge in [0.15, 0.2) is 0 Å². The highest BCUT2D eigenvalue weighted by atomic mass is 35.5. The molecule has 0 rings (SSSR count). The smallest absolute Gasteiger partial charge is 0.304 e. The van der Waals surface area contributed by atoms with Gasteiger partial charge in [0.05, 0.1) is 6.42 Å². The Morgan fingerprint density at radius 3 is 2.55 bits per heavy atom. The number of aliphatic carboxylic acids is 1. The molecule has 0 aromatic heterocycles. The minimum Gasteiger partial charge on any atom is -0.481 e. The highest BCUT2D eigenvalue weighted by Crippen LogP contribution is 2.16. The fourth-order valence-electron chi connectivity index (χ4n) is 0.564. The minimum atomic E-state index is -0.808. The summed E-state index contributed by atoms with van der Waals surface area (Å²) < 4.78 is 0. The molecule has 0 radical (unpaired) electrons. The molecule has 1 unspecified atom stereocenters. The van der Waals surface area contributed by atoms with Crippen molar-refractivity contribution in [2.24, 2.45) is 0 Å². The highest BCUT2D eigenvalue weighted by Gasteiger charge is 2.11. The van der Waals surface area contributed by atoms with Gasteiger partial charge in [0.25, 0.3) is 0 Å². The number of carbonyl (C=O) groups is 1. The summed E-state index contributed by atoms with van der Waals surface area (Å²) in [6.45, 7) is 0. The van der Waals surface area contributed by atoms with Crippen molar-refractivity contribution in [3.63, 3.8) is 0 Å². The second kappa shape index (κ2) is 7.07. The first kappa shape index (κ1) is 11.4. The van der Waals surface area contributed by atoms with Gasteiger partial charge in [-0.05, 0) is 0 Å². The molecule has 0 heterocycles. The lowest BCUT2D eigenvalue weighted by atomic mass is 10.3. The Kier molecular flexibility index (Phi) is 7.33. The monoisotopic (exact) mass is 216 g/mol. The Bertz CT molecular complexity index is 121. The molecule has 1 atom stereocenters. The molecule has 0 spiro atoms. The number of halogens is 2. The van der Waals surface area contributed by atoms with Crippen LogP contribution in [-0.4, -0.2) is 33.8 Å². The summed E-state index contributed by atoms with van der Waals surface area (Å²) in [5.41, 5.74) is 0. The van der Waals surface area contributed by atoms with E-state index in [9.17, 15) is 4.79 Å². The summed E-state index contributed by atoms with van der Waals surface area (Å²) in [5.74, 6) is 0.857. The maximum Gasteiger partial charge on any atom is 0.304 e. The molecule has 0 aromatic carbocycles. The van der Waals surface area contributed by atoms with Gasteiger partial charge >= 0.3 is 5.97 Å². The third-order valence-electron chi connectivity index (χ3n) is 1.01. The molecule has 0 aliphatic carbocycles. The van der Waals surface area contributed by atoms with E-state index < -0.39 is 5.97 Å². The minimum absolute atomic E-state index is 0.00656. The zero-order chi connectivity index (χ0) is 8.69. The van der Waals surface area contributed by atoms with Crippen molar-refractivity contribution < 1.29 is 9.90 Å². The predicted molar refractivity (Wildman–Crippen MR) is 49.9 cm³/mol. The average Bonchev–Trinajstić information content (AvgIpc) is 1.97. The van der Waals surface area contributed by atoms with E-state index in [2.05, 4.69) is 0 Å². The summed E-state index contributed by atoms with van der Waals surface area (Å²) in [6.07, 6.45) is 0.116. The lowest BCUT2D eigenvalue weighted by molar-refractivity contribution is -0.136. The van der Waals surface area contributed by atoms with Crippen LogP contribution in [0.3, 0.4) is 0 Å².